The van der Waals surface area contributed by atoms with Gasteiger partial charge < -0.3 is 20.5 Å². The van der Waals surface area contributed by atoms with E-state index in [-0.39, 0.29) is 6.61 Å². The van der Waals surface area contributed by atoms with E-state index in [1.165, 1.54) is 0 Å². The molecule has 114 valence electrons. The fraction of sp³-hybridized carbons (Fsp3) is 0.0625. The number of aromatic amines is 2. The molecule has 4 rings (SSSR count). The Kier molecular flexibility index (Phi) is 3.16. The molecule has 4 aromatic rings. The molecule has 0 aliphatic carbocycles. The number of nitrogens with one attached hydrogen (secondary N) is 2. The van der Waals surface area contributed by atoms with Crippen LogP contribution in [0.15, 0.2) is 53.9 Å². The Morgan fingerprint density at radius 1 is 1.22 bits per heavy atom. The zero-order chi connectivity index (χ0) is 15.6. The minimum absolute atomic E-state index is 0.203. The second-order valence-corrected chi connectivity index (χ2v) is 5.06. The average molecular weight is 306 g/mol. The molecule has 23 heavy (non-hydrogen) atoms. The second-order valence-electron chi connectivity index (χ2n) is 5.06. The van der Waals surface area contributed by atoms with E-state index in [0.29, 0.717) is 11.7 Å². The average Bonchev–Trinajstić information content (AvgIpc) is 3.21. The first kappa shape index (κ1) is 13.3. The van der Waals surface area contributed by atoms with E-state index in [9.17, 15) is 0 Å². The molecule has 0 saturated carbocycles. The summed E-state index contributed by atoms with van der Waals surface area (Å²) in [5.41, 5.74) is 9.21. The quantitative estimate of drug-likeness (QED) is 0.305. The number of H-pyrrole nitrogens is 2. The van der Waals surface area contributed by atoms with Gasteiger partial charge in [0.15, 0.2) is 12.4 Å². The van der Waals surface area contributed by atoms with E-state index in [2.05, 4.69) is 25.1 Å². The summed E-state index contributed by atoms with van der Waals surface area (Å²) >= 11 is 0. The number of rotatable bonds is 4. The van der Waals surface area contributed by atoms with Gasteiger partial charge in [0.2, 0.25) is 0 Å². The zero-order valence-corrected chi connectivity index (χ0v) is 12.2. The van der Waals surface area contributed by atoms with Crippen molar-refractivity contribution in [3.63, 3.8) is 0 Å². The van der Waals surface area contributed by atoms with Gasteiger partial charge in [0.05, 0.1) is 11.7 Å². The third-order valence-electron chi connectivity index (χ3n) is 3.52. The highest BCUT2D eigenvalue weighted by Crippen LogP contribution is 2.20. The molecule has 1 aromatic carbocycles. The Morgan fingerprint density at radius 3 is 2.96 bits per heavy atom. The summed E-state index contributed by atoms with van der Waals surface area (Å²) in [6, 6.07) is 11.4. The summed E-state index contributed by atoms with van der Waals surface area (Å²) in [5.74, 6) is 0.997. The van der Waals surface area contributed by atoms with E-state index in [1.54, 1.807) is 6.20 Å². The number of hydrogen-bond acceptors (Lipinski definition) is 4. The SMILES string of the molecule is N/C(=N\OCc1nc2c(cnc3[nH]ccc32)[nH]1)c1ccccc1. The first-order valence-electron chi connectivity index (χ1n) is 7.13. The van der Waals surface area contributed by atoms with Crippen LogP contribution < -0.4 is 5.73 Å². The molecular weight excluding hydrogens is 292 g/mol. The number of oxime groups is 1. The van der Waals surface area contributed by atoms with Crippen molar-refractivity contribution >= 4 is 27.9 Å². The fourth-order valence-corrected chi connectivity index (χ4v) is 2.42. The van der Waals surface area contributed by atoms with Crippen LogP contribution in [0.3, 0.4) is 0 Å². The highest BCUT2D eigenvalue weighted by Gasteiger charge is 2.08. The Hall–Kier alpha value is -3.35. The number of fused-ring (bicyclic) bond motifs is 3. The van der Waals surface area contributed by atoms with E-state index < -0.39 is 0 Å². The number of imidazole rings is 1. The number of nitrogens with two attached hydrogens (primary N) is 1. The maximum Gasteiger partial charge on any atom is 0.174 e. The third kappa shape index (κ3) is 2.48. The number of pyridine rings is 1. The lowest BCUT2D eigenvalue weighted by Crippen LogP contribution is -2.13. The molecule has 0 saturated heterocycles. The molecule has 7 nitrogen and oxygen atoms in total. The highest BCUT2D eigenvalue weighted by atomic mass is 16.6. The predicted molar refractivity (Wildman–Crippen MR) is 87.7 cm³/mol. The van der Waals surface area contributed by atoms with Crippen LogP contribution in [0.2, 0.25) is 0 Å². The molecule has 7 heteroatoms. The molecule has 0 radical (unpaired) electrons. The van der Waals surface area contributed by atoms with Crippen molar-refractivity contribution in [1.82, 2.24) is 19.9 Å². The normalized spacial score (nSPS) is 12.1. The Morgan fingerprint density at radius 2 is 2.09 bits per heavy atom. The van der Waals surface area contributed by atoms with Gasteiger partial charge in [-0.25, -0.2) is 9.97 Å². The minimum Gasteiger partial charge on any atom is -0.386 e. The first-order chi connectivity index (χ1) is 11.3. The lowest BCUT2D eigenvalue weighted by Gasteiger charge is -2.00. The molecular formula is C16H14N6O. The van der Waals surface area contributed by atoms with Crippen molar-refractivity contribution in [3.05, 3.63) is 60.2 Å². The van der Waals surface area contributed by atoms with Gasteiger partial charge in [-0.1, -0.05) is 35.5 Å². The number of aromatic nitrogens is 4. The van der Waals surface area contributed by atoms with Gasteiger partial charge >= 0.3 is 0 Å². The van der Waals surface area contributed by atoms with Crippen molar-refractivity contribution in [2.24, 2.45) is 10.9 Å². The molecule has 0 fully saturated rings. The van der Waals surface area contributed by atoms with Crippen LogP contribution in [0, 0.1) is 0 Å². The van der Waals surface area contributed by atoms with Crippen molar-refractivity contribution in [2.45, 2.75) is 6.61 Å². The zero-order valence-electron chi connectivity index (χ0n) is 12.2. The van der Waals surface area contributed by atoms with E-state index in [1.807, 2.05) is 42.6 Å². The molecule has 0 unspecified atom stereocenters. The number of nitrogens with zero attached hydrogens (tertiary/aromatic N) is 3. The van der Waals surface area contributed by atoms with Crippen LogP contribution in [0.5, 0.6) is 0 Å². The van der Waals surface area contributed by atoms with Gasteiger partial charge in [-0.2, -0.15) is 0 Å². The highest BCUT2D eigenvalue weighted by molar-refractivity contribution is 6.00. The summed E-state index contributed by atoms with van der Waals surface area (Å²) in [6.07, 6.45) is 3.58. The van der Waals surface area contributed by atoms with Crippen LogP contribution in [0.4, 0.5) is 0 Å². The molecule has 0 spiro atoms. The van der Waals surface area contributed by atoms with Gasteiger partial charge in [-0.15, -0.1) is 0 Å². The molecule has 3 aromatic heterocycles. The summed E-state index contributed by atoms with van der Waals surface area (Å²) < 4.78 is 0. The number of amidine groups is 1. The molecule has 0 atom stereocenters. The van der Waals surface area contributed by atoms with Crippen LogP contribution in [0.1, 0.15) is 11.4 Å². The fourth-order valence-electron chi connectivity index (χ4n) is 2.42. The molecule has 0 amide bonds. The van der Waals surface area contributed by atoms with Gasteiger partial charge in [0, 0.05) is 17.1 Å². The van der Waals surface area contributed by atoms with Gasteiger partial charge in [0.1, 0.15) is 17.0 Å². The minimum atomic E-state index is 0.203. The molecule has 0 bridgehead atoms. The van der Waals surface area contributed by atoms with E-state index in [4.69, 9.17) is 10.6 Å². The lowest BCUT2D eigenvalue weighted by molar-refractivity contribution is 0.125. The van der Waals surface area contributed by atoms with E-state index in [0.717, 1.165) is 27.6 Å². The lowest BCUT2D eigenvalue weighted by atomic mass is 10.2. The summed E-state index contributed by atoms with van der Waals surface area (Å²) in [6.45, 7) is 0.203. The maximum atomic E-state index is 5.88. The van der Waals surface area contributed by atoms with Crippen molar-refractivity contribution < 1.29 is 4.84 Å². The monoisotopic (exact) mass is 306 g/mol. The summed E-state index contributed by atoms with van der Waals surface area (Å²) in [4.78, 5) is 20.4. The molecule has 0 aliphatic heterocycles. The Balaban J connectivity index is 1.54. The first-order valence-corrected chi connectivity index (χ1v) is 7.13. The van der Waals surface area contributed by atoms with E-state index >= 15 is 0 Å². The Labute approximate surface area is 131 Å². The standard InChI is InChI=1S/C16H14N6O/c17-15(10-4-2-1-3-5-10)22-23-9-13-20-12-8-19-16-11(6-7-18-16)14(12)21-13/h1-8H,9H2,(H2,17,22)(H,18,19)(H,20,21). The van der Waals surface area contributed by atoms with Crippen LogP contribution in [-0.4, -0.2) is 25.8 Å². The summed E-state index contributed by atoms with van der Waals surface area (Å²) in [7, 11) is 0. The van der Waals surface area contributed by atoms with Crippen molar-refractivity contribution in [2.75, 3.05) is 0 Å². The number of hydrogen-bond donors (Lipinski definition) is 3. The smallest absolute Gasteiger partial charge is 0.174 e. The molecule has 4 N–H and O–H groups in total. The Bertz CT molecular complexity index is 986. The topological polar surface area (TPSA) is 105 Å². The van der Waals surface area contributed by atoms with Crippen molar-refractivity contribution in [1.29, 1.82) is 0 Å². The summed E-state index contributed by atoms with van der Waals surface area (Å²) in [5, 5.41) is 4.89. The van der Waals surface area contributed by atoms with Crippen molar-refractivity contribution in [3.8, 4) is 0 Å². The van der Waals surface area contributed by atoms with Crippen LogP contribution >= 0.6 is 0 Å². The molecule has 0 aliphatic rings. The maximum absolute atomic E-state index is 5.88. The third-order valence-corrected chi connectivity index (χ3v) is 3.52. The van der Waals surface area contributed by atoms with Gasteiger partial charge in [-0.05, 0) is 6.07 Å². The largest absolute Gasteiger partial charge is 0.386 e. The molecule has 3 heterocycles. The second kappa shape index (κ2) is 5.45. The number of benzene rings is 1. The van der Waals surface area contributed by atoms with Gasteiger partial charge in [-0.3, -0.25) is 0 Å². The predicted octanol–water partition coefficient (Wildman–Crippen LogP) is 2.28. The van der Waals surface area contributed by atoms with Crippen LogP contribution in [-0.2, 0) is 11.4 Å². The van der Waals surface area contributed by atoms with Gasteiger partial charge in [0.25, 0.3) is 0 Å². The van der Waals surface area contributed by atoms with Crippen LogP contribution in [0.25, 0.3) is 22.1 Å².